The SMILES string of the molecule is Cc1csc(NC(=O)CN2CCC[C@@H]2c2cccs2)n1. The minimum atomic E-state index is 0.0304. The highest BCUT2D eigenvalue weighted by Gasteiger charge is 2.28. The van der Waals surface area contributed by atoms with Crippen LogP contribution in [0.5, 0.6) is 0 Å². The van der Waals surface area contributed by atoms with Crippen LogP contribution in [0.2, 0.25) is 0 Å². The molecule has 1 atom stereocenters. The second kappa shape index (κ2) is 6.03. The van der Waals surface area contributed by atoms with Crippen molar-refractivity contribution in [2.75, 3.05) is 18.4 Å². The number of anilines is 1. The lowest BCUT2D eigenvalue weighted by molar-refractivity contribution is -0.117. The van der Waals surface area contributed by atoms with Crippen LogP contribution in [-0.2, 0) is 4.79 Å². The number of aryl methyl sites for hydroxylation is 1. The summed E-state index contributed by atoms with van der Waals surface area (Å²) >= 11 is 3.25. The number of thiophene rings is 1. The predicted octanol–water partition coefficient (Wildman–Crippen LogP) is 3.29. The number of carbonyl (C=O) groups excluding carboxylic acids is 1. The Labute approximate surface area is 126 Å². The molecule has 1 aliphatic heterocycles. The fourth-order valence-electron chi connectivity index (χ4n) is 2.57. The lowest BCUT2D eigenvalue weighted by Gasteiger charge is -2.22. The summed E-state index contributed by atoms with van der Waals surface area (Å²) in [4.78, 5) is 20.0. The molecular weight excluding hydrogens is 290 g/mol. The van der Waals surface area contributed by atoms with E-state index in [2.05, 4.69) is 32.7 Å². The summed E-state index contributed by atoms with van der Waals surface area (Å²) in [5.41, 5.74) is 0.947. The van der Waals surface area contributed by atoms with Gasteiger partial charge in [0.1, 0.15) is 0 Å². The largest absolute Gasteiger partial charge is 0.301 e. The van der Waals surface area contributed by atoms with Crippen LogP contribution in [0.4, 0.5) is 5.13 Å². The van der Waals surface area contributed by atoms with E-state index in [1.165, 1.54) is 16.2 Å². The van der Waals surface area contributed by atoms with E-state index in [4.69, 9.17) is 0 Å². The molecule has 0 unspecified atom stereocenters. The maximum atomic E-state index is 12.1. The molecule has 1 N–H and O–H groups in total. The molecule has 0 spiro atoms. The van der Waals surface area contributed by atoms with Gasteiger partial charge in [0, 0.05) is 16.3 Å². The van der Waals surface area contributed by atoms with Gasteiger partial charge in [-0.15, -0.1) is 22.7 Å². The van der Waals surface area contributed by atoms with E-state index < -0.39 is 0 Å². The summed E-state index contributed by atoms with van der Waals surface area (Å²) in [6.45, 7) is 3.37. The molecule has 4 nitrogen and oxygen atoms in total. The number of nitrogens with zero attached hydrogens (tertiary/aromatic N) is 2. The predicted molar refractivity (Wildman–Crippen MR) is 83.3 cm³/mol. The van der Waals surface area contributed by atoms with E-state index in [1.54, 1.807) is 11.3 Å². The first-order valence-corrected chi connectivity index (χ1v) is 8.48. The molecule has 2 aromatic heterocycles. The van der Waals surface area contributed by atoms with Crippen molar-refractivity contribution >= 4 is 33.7 Å². The number of hydrogen-bond donors (Lipinski definition) is 1. The fraction of sp³-hybridized carbons (Fsp3) is 0.429. The van der Waals surface area contributed by atoms with E-state index in [1.807, 2.05) is 12.3 Å². The maximum absolute atomic E-state index is 12.1. The summed E-state index contributed by atoms with van der Waals surface area (Å²) in [6, 6.07) is 4.64. The first-order valence-electron chi connectivity index (χ1n) is 6.72. The molecule has 2 aromatic rings. The van der Waals surface area contributed by atoms with Gasteiger partial charge in [-0.25, -0.2) is 4.98 Å². The molecule has 1 amide bonds. The Bertz CT molecular complexity index is 579. The van der Waals surface area contributed by atoms with Crippen LogP contribution in [-0.4, -0.2) is 28.9 Å². The molecule has 0 aromatic carbocycles. The Morgan fingerprint density at radius 3 is 3.15 bits per heavy atom. The summed E-state index contributed by atoms with van der Waals surface area (Å²) in [5, 5.41) is 7.63. The standard InChI is InChI=1S/C14H17N3OS2/c1-10-9-20-14(15-10)16-13(18)8-17-6-2-4-11(17)12-5-3-7-19-12/h3,5,7,9,11H,2,4,6,8H2,1H3,(H,15,16,18)/t11-/m1/s1. The quantitative estimate of drug-likeness (QED) is 0.943. The monoisotopic (exact) mass is 307 g/mol. The molecule has 1 saturated heterocycles. The Kier molecular flexibility index (Phi) is 4.14. The number of thiazole rings is 1. The van der Waals surface area contributed by atoms with Gasteiger partial charge in [-0.1, -0.05) is 6.07 Å². The van der Waals surface area contributed by atoms with Gasteiger partial charge in [0.25, 0.3) is 0 Å². The average Bonchev–Trinajstić information content (AvgIpc) is 3.10. The lowest BCUT2D eigenvalue weighted by atomic mass is 10.2. The van der Waals surface area contributed by atoms with Crippen LogP contribution in [0, 0.1) is 6.92 Å². The highest BCUT2D eigenvalue weighted by Crippen LogP contribution is 2.34. The van der Waals surface area contributed by atoms with Crippen LogP contribution in [0.3, 0.4) is 0 Å². The van der Waals surface area contributed by atoms with Crippen molar-refractivity contribution in [2.45, 2.75) is 25.8 Å². The molecule has 0 bridgehead atoms. The minimum absolute atomic E-state index is 0.0304. The molecular formula is C14H17N3OS2. The molecule has 0 aliphatic carbocycles. The van der Waals surface area contributed by atoms with Crippen LogP contribution in [0.15, 0.2) is 22.9 Å². The van der Waals surface area contributed by atoms with Crippen molar-refractivity contribution in [3.8, 4) is 0 Å². The third-order valence-electron chi connectivity index (χ3n) is 3.45. The molecule has 0 saturated carbocycles. The van der Waals surface area contributed by atoms with Crippen LogP contribution in [0.1, 0.15) is 29.5 Å². The first-order chi connectivity index (χ1) is 9.72. The van der Waals surface area contributed by atoms with Crippen LogP contribution >= 0.6 is 22.7 Å². The third kappa shape index (κ3) is 3.08. The van der Waals surface area contributed by atoms with E-state index in [0.29, 0.717) is 17.7 Å². The number of hydrogen-bond acceptors (Lipinski definition) is 5. The van der Waals surface area contributed by atoms with E-state index in [0.717, 1.165) is 25.1 Å². The van der Waals surface area contributed by atoms with Gasteiger partial charge in [0.15, 0.2) is 5.13 Å². The van der Waals surface area contributed by atoms with E-state index in [-0.39, 0.29) is 5.91 Å². The Balaban J connectivity index is 1.60. The zero-order valence-corrected chi connectivity index (χ0v) is 13.0. The summed E-state index contributed by atoms with van der Waals surface area (Å²) < 4.78 is 0. The molecule has 20 heavy (non-hydrogen) atoms. The molecule has 3 heterocycles. The van der Waals surface area contributed by atoms with Gasteiger partial charge < -0.3 is 5.32 Å². The highest BCUT2D eigenvalue weighted by atomic mass is 32.1. The smallest absolute Gasteiger partial charge is 0.240 e. The molecule has 3 rings (SSSR count). The van der Waals surface area contributed by atoms with Gasteiger partial charge in [-0.05, 0) is 37.8 Å². The van der Waals surface area contributed by atoms with Gasteiger partial charge in [0.2, 0.25) is 5.91 Å². The number of likely N-dealkylation sites (tertiary alicyclic amines) is 1. The Morgan fingerprint density at radius 2 is 2.45 bits per heavy atom. The molecule has 0 radical (unpaired) electrons. The van der Waals surface area contributed by atoms with Crippen LogP contribution < -0.4 is 5.32 Å². The molecule has 106 valence electrons. The van der Waals surface area contributed by atoms with Crippen molar-refractivity contribution < 1.29 is 4.79 Å². The molecule has 1 aliphatic rings. The van der Waals surface area contributed by atoms with Crippen LogP contribution in [0.25, 0.3) is 0 Å². The fourth-order valence-corrected chi connectivity index (χ4v) is 4.17. The second-order valence-electron chi connectivity index (χ2n) is 4.99. The zero-order valence-electron chi connectivity index (χ0n) is 11.3. The number of amides is 1. The summed E-state index contributed by atoms with van der Waals surface area (Å²) in [6.07, 6.45) is 2.30. The number of aromatic nitrogens is 1. The summed E-state index contributed by atoms with van der Waals surface area (Å²) in [5.74, 6) is 0.0304. The minimum Gasteiger partial charge on any atom is -0.301 e. The second-order valence-corrected chi connectivity index (χ2v) is 6.82. The van der Waals surface area contributed by atoms with Gasteiger partial charge in [-0.3, -0.25) is 9.69 Å². The Hall–Kier alpha value is -1.24. The number of nitrogens with one attached hydrogen (secondary N) is 1. The third-order valence-corrected chi connectivity index (χ3v) is 5.30. The van der Waals surface area contributed by atoms with Crippen molar-refractivity contribution in [3.05, 3.63) is 33.5 Å². The molecule has 1 fully saturated rings. The van der Waals surface area contributed by atoms with Crippen molar-refractivity contribution in [2.24, 2.45) is 0 Å². The average molecular weight is 307 g/mol. The van der Waals surface area contributed by atoms with Gasteiger partial charge >= 0.3 is 0 Å². The van der Waals surface area contributed by atoms with Crippen molar-refractivity contribution in [3.63, 3.8) is 0 Å². The first kappa shape index (κ1) is 13.7. The Morgan fingerprint density at radius 1 is 1.55 bits per heavy atom. The van der Waals surface area contributed by atoms with Crippen molar-refractivity contribution in [1.82, 2.24) is 9.88 Å². The maximum Gasteiger partial charge on any atom is 0.240 e. The van der Waals surface area contributed by atoms with Crippen molar-refractivity contribution in [1.29, 1.82) is 0 Å². The molecule has 6 heteroatoms. The van der Waals surface area contributed by atoms with Gasteiger partial charge in [-0.2, -0.15) is 0 Å². The van der Waals surface area contributed by atoms with E-state index >= 15 is 0 Å². The summed E-state index contributed by atoms with van der Waals surface area (Å²) in [7, 11) is 0. The zero-order chi connectivity index (χ0) is 13.9. The number of rotatable bonds is 4. The lowest BCUT2D eigenvalue weighted by Crippen LogP contribution is -2.32. The van der Waals surface area contributed by atoms with Gasteiger partial charge in [0.05, 0.1) is 12.2 Å². The highest BCUT2D eigenvalue weighted by molar-refractivity contribution is 7.13. The normalized spacial score (nSPS) is 19.4. The topological polar surface area (TPSA) is 45.2 Å². The number of carbonyl (C=O) groups is 1. The van der Waals surface area contributed by atoms with E-state index in [9.17, 15) is 4.79 Å².